The Balaban J connectivity index is 1.20. The van der Waals surface area contributed by atoms with Gasteiger partial charge in [-0.2, -0.15) is 0 Å². The first-order chi connectivity index (χ1) is 15.5. The van der Waals surface area contributed by atoms with E-state index in [2.05, 4.69) is 51.3 Å². The summed E-state index contributed by atoms with van der Waals surface area (Å²) >= 11 is 0. The zero-order valence-corrected chi connectivity index (χ0v) is 18.9. The highest BCUT2D eigenvalue weighted by Crippen LogP contribution is 2.17. The van der Waals surface area contributed by atoms with E-state index >= 15 is 0 Å². The maximum absolute atomic E-state index is 12.6. The number of carbonyl (C=O) groups excluding carboxylic acids is 1. The summed E-state index contributed by atoms with van der Waals surface area (Å²) in [7, 11) is 0. The quantitative estimate of drug-likeness (QED) is 0.619. The fourth-order valence-corrected chi connectivity index (χ4v) is 4.21. The maximum Gasteiger partial charge on any atom is 0.261 e. The highest BCUT2D eigenvalue weighted by Gasteiger charge is 2.17. The van der Waals surface area contributed by atoms with Crippen LogP contribution >= 0.6 is 0 Å². The molecule has 4 rings (SSSR count). The Hall–Kier alpha value is -3.19. The van der Waals surface area contributed by atoms with Crippen LogP contribution in [0.5, 0.6) is 0 Å². The van der Waals surface area contributed by atoms with Crippen LogP contribution in [0, 0.1) is 13.8 Å². The Morgan fingerprint density at radius 1 is 1.03 bits per heavy atom. The number of piperazine rings is 1. The van der Waals surface area contributed by atoms with E-state index in [0.717, 1.165) is 43.8 Å². The highest BCUT2D eigenvalue weighted by molar-refractivity contribution is 5.80. The van der Waals surface area contributed by atoms with Crippen molar-refractivity contribution in [1.29, 1.82) is 0 Å². The predicted molar refractivity (Wildman–Crippen MR) is 128 cm³/mol. The van der Waals surface area contributed by atoms with E-state index in [1.54, 1.807) is 12.4 Å². The van der Waals surface area contributed by atoms with Crippen molar-refractivity contribution in [3.8, 4) is 0 Å². The Morgan fingerprint density at radius 3 is 2.59 bits per heavy atom. The average molecular weight is 434 g/mol. The molecule has 1 fully saturated rings. The van der Waals surface area contributed by atoms with Crippen molar-refractivity contribution in [3.63, 3.8) is 0 Å². The molecule has 168 valence electrons. The van der Waals surface area contributed by atoms with Gasteiger partial charge in [0.1, 0.15) is 0 Å². The minimum absolute atomic E-state index is 0.0420. The summed E-state index contributed by atoms with van der Waals surface area (Å²) in [5.41, 5.74) is 4.17. The number of carbonyl (C=O) groups is 1. The maximum atomic E-state index is 12.6. The van der Waals surface area contributed by atoms with E-state index in [4.69, 9.17) is 0 Å². The van der Waals surface area contributed by atoms with Crippen molar-refractivity contribution in [3.05, 3.63) is 70.3 Å². The lowest BCUT2D eigenvalue weighted by molar-refractivity contribution is -0.121. The molecule has 0 unspecified atom stereocenters. The van der Waals surface area contributed by atoms with Crippen LogP contribution in [-0.2, 0) is 11.3 Å². The molecule has 2 heterocycles. The number of rotatable bonds is 7. The number of para-hydroxylation sites is 1. The summed E-state index contributed by atoms with van der Waals surface area (Å²) in [6, 6.07) is 14.2. The van der Waals surface area contributed by atoms with Crippen LogP contribution in [0.15, 0.2) is 53.6 Å². The van der Waals surface area contributed by atoms with Crippen LogP contribution in [0.1, 0.15) is 17.5 Å². The average Bonchev–Trinajstić information content (AvgIpc) is 2.80. The molecule has 2 aromatic carbocycles. The van der Waals surface area contributed by atoms with E-state index in [-0.39, 0.29) is 17.9 Å². The number of aryl methyl sites for hydroxylation is 3. The van der Waals surface area contributed by atoms with Crippen molar-refractivity contribution >= 4 is 22.5 Å². The molecule has 1 amide bonds. The first-order valence-corrected chi connectivity index (χ1v) is 11.3. The Morgan fingerprint density at radius 2 is 1.81 bits per heavy atom. The van der Waals surface area contributed by atoms with Crippen LogP contribution in [0.2, 0.25) is 0 Å². The van der Waals surface area contributed by atoms with Gasteiger partial charge in [-0.05, 0) is 43.2 Å². The summed E-state index contributed by atoms with van der Waals surface area (Å²) in [6.07, 6.45) is 1.80. The lowest BCUT2D eigenvalue weighted by Gasteiger charge is -2.36. The summed E-state index contributed by atoms with van der Waals surface area (Å²) in [6.45, 7) is 9.81. The fraction of sp³-hybridized carbons (Fsp3) is 0.400. The van der Waals surface area contributed by atoms with Crippen molar-refractivity contribution in [2.75, 3.05) is 44.2 Å². The number of hydrogen-bond donors (Lipinski definition) is 1. The molecule has 7 heteroatoms. The SMILES string of the molecule is Cc1cccc(N2CCN(CCNC(=O)CCn3cnc4c(C)cccc4c3=O)CC2)c1. The summed E-state index contributed by atoms with van der Waals surface area (Å²) in [5, 5.41) is 3.58. The number of fused-ring (bicyclic) bond motifs is 1. The number of nitrogens with zero attached hydrogens (tertiary/aromatic N) is 4. The zero-order valence-electron chi connectivity index (χ0n) is 18.9. The second-order valence-electron chi connectivity index (χ2n) is 8.48. The molecule has 1 aromatic heterocycles. The van der Waals surface area contributed by atoms with Crippen molar-refractivity contribution in [2.45, 2.75) is 26.8 Å². The molecule has 1 aliphatic heterocycles. The van der Waals surface area contributed by atoms with Crippen molar-refractivity contribution in [2.24, 2.45) is 0 Å². The van der Waals surface area contributed by atoms with Gasteiger partial charge >= 0.3 is 0 Å². The second kappa shape index (κ2) is 9.96. The van der Waals surface area contributed by atoms with Gasteiger partial charge in [-0.3, -0.25) is 19.1 Å². The van der Waals surface area contributed by atoms with Gasteiger partial charge in [0.25, 0.3) is 5.56 Å². The van der Waals surface area contributed by atoms with E-state index in [0.29, 0.717) is 18.5 Å². The predicted octanol–water partition coefficient (Wildman–Crippen LogP) is 2.34. The summed E-state index contributed by atoms with van der Waals surface area (Å²) < 4.78 is 1.52. The molecule has 0 aliphatic carbocycles. The molecule has 0 saturated carbocycles. The monoisotopic (exact) mass is 433 g/mol. The standard InChI is InChI=1S/C25H31N5O2/c1-19-5-3-7-21(17-19)29-15-13-28(14-16-29)12-10-26-23(31)9-11-30-18-27-24-20(2)6-4-8-22(24)25(30)32/h3-8,17-18H,9-16H2,1-2H3,(H,26,31). The normalized spacial score (nSPS) is 14.6. The van der Waals surface area contributed by atoms with Crippen LogP contribution < -0.4 is 15.8 Å². The van der Waals surface area contributed by atoms with Gasteiger partial charge in [0.15, 0.2) is 0 Å². The van der Waals surface area contributed by atoms with Gasteiger partial charge in [-0.1, -0.05) is 24.3 Å². The number of benzene rings is 2. The fourth-order valence-electron chi connectivity index (χ4n) is 4.21. The largest absolute Gasteiger partial charge is 0.369 e. The third-order valence-corrected chi connectivity index (χ3v) is 6.12. The molecule has 1 N–H and O–H groups in total. The molecule has 32 heavy (non-hydrogen) atoms. The molecular formula is C25H31N5O2. The van der Waals surface area contributed by atoms with E-state index in [1.807, 2.05) is 19.1 Å². The molecular weight excluding hydrogens is 402 g/mol. The van der Waals surface area contributed by atoms with Gasteiger partial charge in [-0.15, -0.1) is 0 Å². The van der Waals surface area contributed by atoms with Gasteiger partial charge in [0.2, 0.25) is 5.91 Å². The zero-order chi connectivity index (χ0) is 22.5. The second-order valence-corrected chi connectivity index (χ2v) is 8.48. The third-order valence-electron chi connectivity index (χ3n) is 6.12. The lowest BCUT2D eigenvalue weighted by Crippen LogP contribution is -2.48. The molecule has 0 bridgehead atoms. The molecule has 7 nitrogen and oxygen atoms in total. The van der Waals surface area contributed by atoms with Crippen LogP contribution in [-0.4, -0.2) is 59.6 Å². The number of hydrogen-bond acceptors (Lipinski definition) is 5. The van der Waals surface area contributed by atoms with Crippen molar-refractivity contribution in [1.82, 2.24) is 19.8 Å². The minimum atomic E-state index is -0.0991. The van der Waals surface area contributed by atoms with E-state index in [1.165, 1.54) is 15.8 Å². The van der Waals surface area contributed by atoms with Crippen LogP contribution in [0.4, 0.5) is 5.69 Å². The number of aromatic nitrogens is 2. The first kappa shape index (κ1) is 22.0. The molecule has 0 radical (unpaired) electrons. The Kier molecular flexibility index (Phi) is 6.85. The van der Waals surface area contributed by atoms with Crippen molar-refractivity contribution < 1.29 is 4.79 Å². The highest BCUT2D eigenvalue weighted by atomic mass is 16.1. The minimum Gasteiger partial charge on any atom is -0.369 e. The molecule has 1 saturated heterocycles. The number of nitrogens with one attached hydrogen (secondary N) is 1. The van der Waals surface area contributed by atoms with E-state index < -0.39 is 0 Å². The van der Waals surface area contributed by atoms with E-state index in [9.17, 15) is 9.59 Å². The van der Waals surface area contributed by atoms with Gasteiger partial charge < -0.3 is 10.2 Å². The number of anilines is 1. The number of amides is 1. The van der Waals surface area contributed by atoms with Gasteiger partial charge in [0.05, 0.1) is 17.2 Å². The lowest BCUT2D eigenvalue weighted by atomic mass is 10.1. The molecule has 1 aliphatic rings. The molecule has 3 aromatic rings. The topological polar surface area (TPSA) is 70.5 Å². The molecule has 0 spiro atoms. The molecule has 0 atom stereocenters. The Bertz CT molecular complexity index is 1150. The van der Waals surface area contributed by atoms with Gasteiger partial charge in [-0.25, -0.2) is 4.98 Å². The summed E-state index contributed by atoms with van der Waals surface area (Å²) in [5.74, 6) is -0.0420. The first-order valence-electron chi connectivity index (χ1n) is 11.3. The van der Waals surface area contributed by atoms with Gasteiger partial charge in [0, 0.05) is 57.9 Å². The van der Waals surface area contributed by atoms with Crippen LogP contribution in [0.3, 0.4) is 0 Å². The summed E-state index contributed by atoms with van der Waals surface area (Å²) in [4.78, 5) is 34.1. The Labute approximate surface area is 188 Å². The third kappa shape index (κ3) is 5.16. The smallest absolute Gasteiger partial charge is 0.261 e. The van der Waals surface area contributed by atoms with Crippen LogP contribution in [0.25, 0.3) is 10.9 Å².